The molecule has 7 heteroatoms. The number of pyridine rings is 1. The highest BCUT2D eigenvalue weighted by Gasteiger charge is 2.52. The monoisotopic (exact) mass is 397 g/mol. The first-order valence-corrected chi connectivity index (χ1v) is 9.19. The normalized spacial score (nSPS) is 19.9. The lowest BCUT2D eigenvalue weighted by atomic mass is 9.78. The third-order valence-electron chi connectivity index (χ3n) is 4.10. The molecule has 0 unspecified atom stereocenters. The minimum Gasteiger partial charge on any atom is -0.400 e. The molecule has 1 fully saturated rings. The van der Waals surface area contributed by atoms with E-state index in [9.17, 15) is 4.79 Å². The van der Waals surface area contributed by atoms with Gasteiger partial charge in [-0.15, -0.1) is 0 Å². The molecule has 0 atom stereocenters. The predicted molar refractivity (Wildman–Crippen MR) is 99.1 cm³/mol. The van der Waals surface area contributed by atoms with E-state index < -0.39 is 18.3 Å². The van der Waals surface area contributed by atoms with E-state index in [2.05, 4.69) is 20.9 Å². The third-order valence-corrected chi connectivity index (χ3v) is 5.42. The zero-order valence-electron chi connectivity index (χ0n) is 14.1. The zero-order valence-corrected chi connectivity index (χ0v) is 16.5. The highest BCUT2D eigenvalue weighted by Crippen LogP contribution is 2.39. The van der Waals surface area contributed by atoms with Crippen LogP contribution in [0, 0.1) is 0 Å². The van der Waals surface area contributed by atoms with Gasteiger partial charge in [0, 0.05) is 18.9 Å². The molecule has 0 N–H and O–H groups in total. The smallest absolute Gasteiger partial charge is 0.400 e. The van der Waals surface area contributed by atoms with Gasteiger partial charge in [-0.1, -0.05) is 17.8 Å². The van der Waals surface area contributed by atoms with Crippen LogP contribution in [0.2, 0.25) is 0 Å². The van der Waals surface area contributed by atoms with Gasteiger partial charge in [0.1, 0.15) is 4.60 Å². The van der Waals surface area contributed by atoms with Crippen LogP contribution in [0.3, 0.4) is 0 Å². The van der Waals surface area contributed by atoms with Crippen LogP contribution in [0.25, 0.3) is 6.08 Å². The van der Waals surface area contributed by atoms with Crippen molar-refractivity contribution in [3.63, 3.8) is 0 Å². The minimum absolute atomic E-state index is 0.0725. The molecule has 0 amide bonds. The summed E-state index contributed by atoms with van der Waals surface area (Å²) in [4.78, 5) is 15.5. The number of halogens is 1. The second-order valence-electron chi connectivity index (χ2n) is 6.50. The summed E-state index contributed by atoms with van der Waals surface area (Å²) in [5, 5.41) is 0.0725. The first-order chi connectivity index (χ1) is 10.6. The van der Waals surface area contributed by atoms with E-state index >= 15 is 0 Å². The Balaban J connectivity index is 2.30. The van der Waals surface area contributed by atoms with Gasteiger partial charge >= 0.3 is 7.12 Å². The van der Waals surface area contributed by atoms with E-state index in [0.717, 1.165) is 15.6 Å². The summed E-state index contributed by atoms with van der Waals surface area (Å²) >= 11 is 4.63. The summed E-state index contributed by atoms with van der Waals surface area (Å²) in [6.45, 7) is 9.64. The van der Waals surface area contributed by atoms with Gasteiger partial charge in [-0.05, 0) is 66.8 Å². The number of aromatic nitrogens is 1. The third kappa shape index (κ3) is 4.69. The summed E-state index contributed by atoms with van der Waals surface area (Å²) < 4.78 is 13.0. The molecule has 1 saturated heterocycles. The van der Waals surface area contributed by atoms with Crippen molar-refractivity contribution >= 4 is 46.0 Å². The topological polar surface area (TPSA) is 48.4 Å². The van der Waals surface area contributed by atoms with Crippen LogP contribution in [0.15, 0.2) is 28.4 Å². The van der Waals surface area contributed by atoms with Gasteiger partial charge in [-0.25, -0.2) is 4.98 Å². The minimum atomic E-state index is -0.459. The molecule has 0 spiro atoms. The molecule has 0 aromatic carbocycles. The molecule has 124 valence electrons. The van der Waals surface area contributed by atoms with Crippen molar-refractivity contribution in [3.8, 4) is 0 Å². The number of hydrogen-bond donors (Lipinski definition) is 0. The fraction of sp³-hybridized carbons (Fsp3) is 0.500. The van der Waals surface area contributed by atoms with E-state index in [1.54, 1.807) is 13.1 Å². The molecule has 2 heterocycles. The number of thioether (sulfide) groups is 1. The van der Waals surface area contributed by atoms with Gasteiger partial charge in [0.2, 0.25) is 0 Å². The van der Waals surface area contributed by atoms with Crippen LogP contribution in [0.5, 0.6) is 0 Å². The van der Waals surface area contributed by atoms with Gasteiger partial charge in [0.15, 0.2) is 5.12 Å². The van der Waals surface area contributed by atoms with Crippen LogP contribution in [-0.4, -0.2) is 34.2 Å². The van der Waals surface area contributed by atoms with Gasteiger partial charge in [-0.2, -0.15) is 0 Å². The SMILES string of the molecule is CC(=O)SCC(=Cc1ccnc(Br)c1)B1OC(C)(C)C(C)(C)O1. The molecular formula is C16H21BBrNO3S. The van der Waals surface area contributed by atoms with Gasteiger partial charge in [0.25, 0.3) is 0 Å². The molecule has 1 aromatic heterocycles. The summed E-state index contributed by atoms with van der Waals surface area (Å²) in [6, 6.07) is 3.83. The maximum absolute atomic E-state index is 11.4. The fourth-order valence-corrected chi connectivity index (χ4v) is 3.05. The lowest BCUT2D eigenvalue weighted by molar-refractivity contribution is -0.109. The second-order valence-corrected chi connectivity index (χ2v) is 8.46. The molecule has 1 aliphatic heterocycles. The zero-order chi connectivity index (χ0) is 17.3. The van der Waals surface area contributed by atoms with Crippen LogP contribution >= 0.6 is 27.7 Å². The lowest BCUT2D eigenvalue weighted by Gasteiger charge is -2.32. The molecule has 2 rings (SSSR count). The van der Waals surface area contributed by atoms with Crippen molar-refractivity contribution < 1.29 is 14.1 Å². The highest BCUT2D eigenvalue weighted by molar-refractivity contribution is 9.10. The molecule has 0 bridgehead atoms. The van der Waals surface area contributed by atoms with E-state index in [0.29, 0.717) is 5.75 Å². The number of nitrogens with zero attached hydrogens (tertiary/aromatic N) is 1. The molecule has 0 saturated carbocycles. The van der Waals surface area contributed by atoms with Crippen molar-refractivity contribution in [2.45, 2.75) is 45.8 Å². The average molecular weight is 398 g/mol. The highest BCUT2D eigenvalue weighted by atomic mass is 79.9. The number of rotatable bonds is 4. The van der Waals surface area contributed by atoms with Crippen molar-refractivity contribution in [2.75, 3.05) is 5.75 Å². The first-order valence-electron chi connectivity index (χ1n) is 7.42. The van der Waals surface area contributed by atoms with Crippen molar-refractivity contribution in [2.24, 2.45) is 0 Å². The Bertz CT molecular complexity index is 618. The number of carbonyl (C=O) groups excluding carboxylic acids is 1. The largest absolute Gasteiger partial charge is 0.491 e. The fourth-order valence-electron chi connectivity index (χ4n) is 2.08. The Morgan fingerprint density at radius 1 is 1.35 bits per heavy atom. The van der Waals surface area contributed by atoms with Crippen LogP contribution in [0.4, 0.5) is 0 Å². The molecule has 0 radical (unpaired) electrons. The first kappa shape index (κ1) is 18.7. The Morgan fingerprint density at radius 2 is 1.96 bits per heavy atom. The summed E-state index contributed by atoms with van der Waals surface area (Å²) in [7, 11) is -0.459. The van der Waals surface area contributed by atoms with Crippen LogP contribution in [-0.2, 0) is 14.1 Å². The summed E-state index contributed by atoms with van der Waals surface area (Å²) in [5.74, 6) is 0.534. The predicted octanol–water partition coefficient (Wildman–Crippen LogP) is 4.14. The molecular weight excluding hydrogens is 377 g/mol. The maximum atomic E-state index is 11.4. The van der Waals surface area contributed by atoms with Gasteiger partial charge < -0.3 is 9.31 Å². The van der Waals surface area contributed by atoms with Crippen molar-refractivity contribution in [1.29, 1.82) is 0 Å². The molecule has 23 heavy (non-hydrogen) atoms. The Labute approximate surface area is 150 Å². The molecule has 1 aromatic rings. The van der Waals surface area contributed by atoms with Crippen LogP contribution < -0.4 is 0 Å². The van der Waals surface area contributed by atoms with E-state index in [4.69, 9.17) is 9.31 Å². The Hall–Kier alpha value is -0.625. The number of hydrogen-bond acceptors (Lipinski definition) is 5. The lowest BCUT2D eigenvalue weighted by Crippen LogP contribution is -2.41. The standard InChI is InChI=1S/C16H21BBrNO3S/c1-11(20)23-10-13(8-12-6-7-19-14(18)9-12)17-21-15(2,3)16(4,5)22-17/h6-9H,10H2,1-5H3. The summed E-state index contributed by atoms with van der Waals surface area (Å²) in [6.07, 6.45) is 3.74. The number of carbonyl (C=O) groups is 1. The molecule has 0 aliphatic carbocycles. The van der Waals surface area contributed by atoms with Gasteiger partial charge in [0.05, 0.1) is 11.2 Å². The average Bonchev–Trinajstić information content (AvgIpc) is 2.63. The van der Waals surface area contributed by atoms with Crippen molar-refractivity contribution in [3.05, 3.63) is 34.0 Å². The van der Waals surface area contributed by atoms with Crippen LogP contribution in [0.1, 0.15) is 40.2 Å². The van der Waals surface area contributed by atoms with E-state index in [1.807, 2.05) is 45.9 Å². The maximum Gasteiger partial charge on any atom is 0.491 e. The Morgan fingerprint density at radius 3 is 2.48 bits per heavy atom. The van der Waals surface area contributed by atoms with E-state index in [1.165, 1.54) is 11.8 Å². The van der Waals surface area contributed by atoms with E-state index in [-0.39, 0.29) is 5.12 Å². The van der Waals surface area contributed by atoms with Gasteiger partial charge in [-0.3, -0.25) is 4.79 Å². The van der Waals surface area contributed by atoms with Crippen molar-refractivity contribution in [1.82, 2.24) is 4.98 Å². The second kappa shape index (κ2) is 7.09. The molecule has 1 aliphatic rings. The summed E-state index contributed by atoms with van der Waals surface area (Å²) in [5.41, 5.74) is 1.11. The molecule has 4 nitrogen and oxygen atoms in total. The quantitative estimate of drug-likeness (QED) is 0.564. The Kier molecular flexibility index (Phi) is 5.77.